The minimum Gasteiger partial charge on any atom is -0.227 e. The van der Waals surface area contributed by atoms with Crippen molar-refractivity contribution in [2.75, 3.05) is 0 Å². The number of rotatable bonds is 2. The van der Waals surface area contributed by atoms with E-state index in [4.69, 9.17) is 5.14 Å². The Bertz CT molecular complexity index is 1460. The first-order valence-electron chi connectivity index (χ1n) is 8.70. The Balaban J connectivity index is 1.73. The van der Waals surface area contributed by atoms with Gasteiger partial charge in [0.15, 0.2) is 5.65 Å². The van der Waals surface area contributed by atoms with Crippen LogP contribution in [0.1, 0.15) is 21.7 Å². The Kier molecular flexibility index (Phi) is 5.09. The number of sulfonamides is 1. The monoisotopic (exact) mass is 462 g/mol. The predicted molar refractivity (Wildman–Crippen MR) is 110 cm³/mol. The highest BCUT2D eigenvalue weighted by Crippen LogP contribution is 2.31. The van der Waals surface area contributed by atoms with Crippen molar-refractivity contribution in [3.05, 3.63) is 70.4 Å². The largest absolute Gasteiger partial charge is 0.416 e. The number of hydrogen-bond donors (Lipinski definition) is 1. The summed E-state index contributed by atoms with van der Waals surface area (Å²) in [5.74, 6) is 5.78. The molecule has 11 heteroatoms. The van der Waals surface area contributed by atoms with Gasteiger partial charge in [0.25, 0.3) is 0 Å². The van der Waals surface area contributed by atoms with Crippen LogP contribution < -0.4 is 5.14 Å². The molecule has 0 bridgehead atoms. The molecule has 0 spiro atoms. The van der Waals surface area contributed by atoms with Crippen LogP contribution in [0.25, 0.3) is 16.9 Å². The van der Waals surface area contributed by atoms with Crippen LogP contribution in [0.5, 0.6) is 0 Å². The quantitative estimate of drug-likeness (QED) is 0.459. The smallest absolute Gasteiger partial charge is 0.227 e. The van der Waals surface area contributed by atoms with Crippen LogP contribution >= 0.6 is 11.3 Å². The number of thiophene rings is 1. The van der Waals surface area contributed by atoms with Gasteiger partial charge >= 0.3 is 6.18 Å². The van der Waals surface area contributed by atoms with Gasteiger partial charge in [0, 0.05) is 11.3 Å². The zero-order chi connectivity index (χ0) is 22.4. The molecule has 0 saturated carbocycles. The third-order valence-corrected chi connectivity index (χ3v) is 6.78. The summed E-state index contributed by atoms with van der Waals surface area (Å²) in [5, 5.41) is 9.35. The lowest BCUT2D eigenvalue weighted by Crippen LogP contribution is -2.09. The molecule has 0 unspecified atom stereocenters. The molecule has 2 N–H and O–H groups in total. The van der Waals surface area contributed by atoms with E-state index in [0.717, 1.165) is 29.2 Å². The van der Waals surface area contributed by atoms with Gasteiger partial charge in [-0.3, -0.25) is 0 Å². The molecular weight excluding hydrogens is 449 g/mol. The van der Waals surface area contributed by atoms with E-state index < -0.39 is 21.8 Å². The minimum atomic E-state index is -4.41. The Labute approximate surface area is 179 Å². The zero-order valence-corrected chi connectivity index (χ0v) is 17.4. The van der Waals surface area contributed by atoms with Crippen LogP contribution in [0.2, 0.25) is 0 Å². The van der Waals surface area contributed by atoms with E-state index >= 15 is 0 Å². The highest BCUT2D eigenvalue weighted by molar-refractivity contribution is 7.91. The van der Waals surface area contributed by atoms with Gasteiger partial charge in [0.1, 0.15) is 4.21 Å². The molecule has 0 radical (unpaired) electrons. The minimum absolute atomic E-state index is 0.00947. The first-order valence-corrected chi connectivity index (χ1v) is 11.1. The summed E-state index contributed by atoms with van der Waals surface area (Å²) < 4.78 is 62.8. The molecule has 158 valence electrons. The van der Waals surface area contributed by atoms with Gasteiger partial charge in [0.05, 0.1) is 27.9 Å². The van der Waals surface area contributed by atoms with Crippen molar-refractivity contribution < 1.29 is 21.6 Å². The van der Waals surface area contributed by atoms with Crippen LogP contribution in [0, 0.1) is 18.8 Å². The molecule has 0 fully saturated rings. The van der Waals surface area contributed by atoms with E-state index in [1.165, 1.54) is 24.4 Å². The molecule has 0 aliphatic heterocycles. The second-order valence-electron chi connectivity index (χ2n) is 6.57. The molecule has 31 heavy (non-hydrogen) atoms. The summed E-state index contributed by atoms with van der Waals surface area (Å²) in [6.07, 6.45) is -2.89. The molecule has 0 aliphatic carbocycles. The molecule has 4 rings (SSSR count). The lowest BCUT2D eigenvalue weighted by molar-refractivity contribution is -0.137. The van der Waals surface area contributed by atoms with Gasteiger partial charge in [-0.05, 0) is 37.3 Å². The highest BCUT2D eigenvalue weighted by Gasteiger charge is 2.30. The van der Waals surface area contributed by atoms with Gasteiger partial charge < -0.3 is 0 Å². The second-order valence-corrected chi connectivity index (χ2v) is 9.44. The fraction of sp³-hybridized carbons (Fsp3) is 0.100. The van der Waals surface area contributed by atoms with Gasteiger partial charge in [-0.2, -0.15) is 18.3 Å². The summed E-state index contributed by atoms with van der Waals surface area (Å²) >= 11 is 0.947. The van der Waals surface area contributed by atoms with Crippen molar-refractivity contribution in [1.29, 1.82) is 0 Å². The lowest BCUT2D eigenvalue weighted by atomic mass is 10.1. The second kappa shape index (κ2) is 7.49. The van der Waals surface area contributed by atoms with Gasteiger partial charge in [-0.15, -0.1) is 11.3 Å². The predicted octanol–water partition coefficient (Wildman–Crippen LogP) is 3.83. The Morgan fingerprint density at radius 3 is 2.42 bits per heavy atom. The van der Waals surface area contributed by atoms with Crippen molar-refractivity contribution in [2.24, 2.45) is 5.14 Å². The van der Waals surface area contributed by atoms with Crippen molar-refractivity contribution in [3.63, 3.8) is 0 Å². The molecule has 0 amide bonds. The van der Waals surface area contributed by atoms with E-state index in [0.29, 0.717) is 27.3 Å². The summed E-state index contributed by atoms with van der Waals surface area (Å²) in [6.45, 7) is 1.80. The van der Waals surface area contributed by atoms with Crippen molar-refractivity contribution in [1.82, 2.24) is 14.6 Å². The number of alkyl halides is 3. The molecule has 0 aliphatic rings. The maximum absolute atomic E-state index is 12.8. The number of nitrogens with zero attached hydrogens (tertiary/aromatic N) is 3. The number of halogens is 3. The number of hydrogen-bond acceptors (Lipinski definition) is 5. The molecule has 3 heterocycles. The number of primary sulfonamides is 1. The third-order valence-electron chi connectivity index (χ3n) is 4.34. The summed E-state index contributed by atoms with van der Waals surface area (Å²) in [6, 6.07) is 9.39. The first kappa shape index (κ1) is 21.0. The first-order chi connectivity index (χ1) is 14.5. The molecule has 6 nitrogen and oxygen atoms in total. The van der Waals surface area contributed by atoms with Gasteiger partial charge in [0.2, 0.25) is 10.0 Å². The van der Waals surface area contributed by atoms with E-state index in [-0.39, 0.29) is 4.21 Å². The molecule has 4 aromatic rings. The number of aryl methyl sites for hydroxylation is 1. The highest BCUT2D eigenvalue weighted by atomic mass is 32.2. The number of nitrogens with two attached hydrogens (primary N) is 1. The third kappa shape index (κ3) is 4.32. The lowest BCUT2D eigenvalue weighted by Gasteiger charge is -2.08. The summed E-state index contributed by atoms with van der Waals surface area (Å²) in [4.78, 5) is 5.02. The van der Waals surface area contributed by atoms with Crippen LogP contribution in [0.15, 0.2) is 52.9 Å². The maximum atomic E-state index is 12.8. The molecule has 0 saturated heterocycles. The number of aromatic nitrogens is 3. The van der Waals surface area contributed by atoms with Crippen LogP contribution in [0.4, 0.5) is 13.2 Å². The fourth-order valence-electron chi connectivity index (χ4n) is 2.85. The number of fused-ring (bicyclic) bond motifs is 1. The SMILES string of the molecule is Cc1cc(-c2ccc(C(F)(F)F)cc2)nc2c(C#Cc3ccc(S(N)(=O)=O)s3)cnn12. The Hall–Kier alpha value is -3.20. The summed E-state index contributed by atoms with van der Waals surface area (Å²) in [7, 11) is -3.79. The Morgan fingerprint density at radius 1 is 1.10 bits per heavy atom. The average molecular weight is 462 g/mol. The molecule has 3 aromatic heterocycles. The molecule has 1 aromatic carbocycles. The van der Waals surface area contributed by atoms with Gasteiger partial charge in [-0.1, -0.05) is 24.0 Å². The standard InChI is InChI=1S/C20H13F3N4O2S2/c1-12-10-17(13-2-5-15(6-3-13)20(21,22)23)26-19-14(11-25-27(12)19)4-7-16-8-9-18(30-16)31(24,28)29/h2-3,5-6,8-11H,1H3,(H2,24,28,29). The maximum Gasteiger partial charge on any atom is 0.416 e. The molecule has 0 atom stereocenters. The fourth-order valence-corrected chi connectivity index (χ4v) is 4.43. The number of benzene rings is 1. The van der Waals surface area contributed by atoms with E-state index in [1.807, 2.05) is 0 Å². The van der Waals surface area contributed by atoms with Crippen molar-refractivity contribution in [3.8, 4) is 23.1 Å². The van der Waals surface area contributed by atoms with Crippen molar-refractivity contribution in [2.45, 2.75) is 17.3 Å². The summed E-state index contributed by atoms with van der Waals surface area (Å²) in [5.41, 5.74) is 1.91. The van der Waals surface area contributed by atoms with E-state index in [9.17, 15) is 21.6 Å². The van der Waals surface area contributed by atoms with E-state index in [2.05, 4.69) is 21.9 Å². The van der Waals surface area contributed by atoms with Crippen LogP contribution in [-0.4, -0.2) is 23.0 Å². The zero-order valence-electron chi connectivity index (χ0n) is 15.8. The average Bonchev–Trinajstić information content (AvgIpc) is 3.33. The topological polar surface area (TPSA) is 90.3 Å². The van der Waals surface area contributed by atoms with Crippen LogP contribution in [-0.2, 0) is 16.2 Å². The van der Waals surface area contributed by atoms with E-state index in [1.54, 1.807) is 23.6 Å². The van der Waals surface area contributed by atoms with Gasteiger partial charge in [-0.25, -0.2) is 23.1 Å². The molecular formula is C20H13F3N4O2S2. The van der Waals surface area contributed by atoms with Crippen LogP contribution in [0.3, 0.4) is 0 Å². The van der Waals surface area contributed by atoms with Crippen molar-refractivity contribution >= 4 is 27.0 Å². The Morgan fingerprint density at radius 2 is 1.81 bits per heavy atom. The normalized spacial score (nSPS) is 12.0.